The number of allylic oxidation sites excluding steroid dienone is 2. The zero-order chi connectivity index (χ0) is 9.84. The van der Waals surface area contributed by atoms with E-state index in [0.717, 1.165) is 11.3 Å². The summed E-state index contributed by atoms with van der Waals surface area (Å²) in [7, 11) is 0. The first-order chi connectivity index (χ1) is 6.16. The molecule has 0 aliphatic carbocycles. The van der Waals surface area contributed by atoms with Crippen molar-refractivity contribution in [1.29, 1.82) is 0 Å². The van der Waals surface area contributed by atoms with Crippen molar-refractivity contribution in [3.63, 3.8) is 0 Å². The lowest BCUT2D eigenvalue weighted by Crippen LogP contribution is -2.37. The molecule has 0 aromatic carbocycles. The Balaban J connectivity index is 2.99. The average Bonchev–Trinajstić information content (AvgIpc) is 2.08. The Kier molecular flexibility index (Phi) is 2.78. The summed E-state index contributed by atoms with van der Waals surface area (Å²) >= 11 is 0. The summed E-state index contributed by atoms with van der Waals surface area (Å²) < 4.78 is 0. The molecule has 1 rings (SSSR count). The summed E-state index contributed by atoms with van der Waals surface area (Å²) in [6.45, 7) is 3.45. The van der Waals surface area contributed by atoms with Crippen LogP contribution in [0.1, 0.15) is 0 Å². The molecule has 0 bridgehead atoms. The highest BCUT2D eigenvalue weighted by Gasteiger charge is 2.19. The van der Waals surface area contributed by atoms with Crippen molar-refractivity contribution in [3.05, 3.63) is 24.4 Å². The quantitative estimate of drug-likeness (QED) is 0.474. The normalized spacial score (nSPS) is 19.5. The lowest BCUT2D eigenvalue weighted by Gasteiger charge is -2.24. The molecule has 0 amide bonds. The van der Waals surface area contributed by atoms with Gasteiger partial charge in [-0.15, -0.1) is 0 Å². The lowest BCUT2D eigenvalue weighted by atomic mass is 10.3. The molecule has 0 fully saturated rings. The summed E-state index contributed by atoms with van der Waals surface area (Å²) in [6.07, 6.45) is 2.33. The second-order valence-electron chi connectivity index (χ2n) is 2.22. The third-order valence-electron chi connectivity index (χ3n) is 1.38. The van der Waals surface area contributed by atoms with E-state index in [4.69, 9.17) is 15.9 Å². The van der Waals surface area contributed by atoms with Gasteiger partial charge in [0.25, 0.3) is 6.41 Å². The fourth-order valence-corrected chi connectivity index (χ4v) is 0.847. The number of nitrogens with two attached hydrogens (primary N) is 1. The summed E-state index contributed by atoms with van der Waals surface area (Å²) in [4.78, 5) is 3.69. The van der Waals surface area contributed by atoms with E-state index in [1.807, 2.05) is 0 Å². The number of amidine groups is 1. The molecule has 70 valence electrons. The first kappa shape index (κ1) is 9.43. The van der Waals surface area contributed by atoms with Gasteiger partial charge in [-0.1, -0.05) is 12.7 Å². The van der Waals surface area contributed by atoms with Crippen LogP contribution in [0.25, 0.3) is 0 Å². The van der Waals surface area contributed by atoms with Crippen LogP contribution >= 0.6 is 0 Å². The number of hydrogen-bond acceptors (Lipinski definition) is 6. The first-order valence-electron chi connectivity index (χ1n) is 3.51. The topological polar surface area (TPSA) is 94.4 Å². The van der Waals surface area contributed by atoms with Gasteiger partial charge in [0.2, 0.25) is 0 Å². The molecule has 4 N–H and O–H groups in total. The molecule has 1 aliphatic heterocycles. The number of hydrogen-bond donors (Lipinski definition) is 3. The van der Waals surface area contributed by atoms with Gasteiger partial charge in [-0.05, 0) is 6.08 Å². The maximum atomic E-state index is 8.87. The van der Waals surface area contributed by atoms with Gasteiger partial charge < -0.3 is 15.9 Å². The highest BCUT2D eigenvalue weighted by atomic mass is 16.5. The largest absolute Gasteiger partial charge is 0.382 e. The molecule has 1 heterocycles. The number of rotatable bonds is 2. The van der Waals surface area contributed by atoms with Crippen molar-refractivity contribution in [2.45, 2.75) is 6.41 Å². The van der Waals surface area contributed by atoms with Crippen LogP contribution in [-0.2, 0) is 0 Å². The third kappa shape index (κ3) is 1.92. The van der Waals surface area contributed by atoms with Gasteiger partial charge in [0.05, 0.1) is 0 Å². The molecular weight excluding hydrogens is 172 g/mol. The first-order valence-corrected chi connectivity index (χ1v) is 3.51. The summed E-state index contributed by atoms with van der Waals surface area (Å²) in [5, 5.41) is 22.3. The SMILES string of the molecule is C=C/C=C1/C(N)=NC=NN1C(O)O. The Morgan fingerprint density at radius 2 is 2.31 bits per heavy atom. The fraction of sp³-hybridized carbons (Fsp3) is 0.143. The zero-order valence-corrected chi connectivity index (χ0v) is 6.83. The van der Waals surface area contributed by atoms with E-state index < -0.39 is 6.41 Å². The van der Waals surface area contributed by atoms with E-state index in [1.54, 1.807) is 0 Å². The highest BCUT2D eigenvalue weighted by molar-refractivity contribution is 6.01. The van der Waals surface area contributed by atoms with Crippen LogP contribution in [-0.4, -0.2) is 33.8 Å². The van der Waals surface area contributed by atoms with E-state index in [2.05, 4.69) is 16.7 Å². The Bertz CT molecular complexity index is 293. The number of aliphatic imine (C=N–C) groups is 1. The van der Waals surface area contributed by atoms with Crippen molar-refractivity contribution in [1.82, 2.24) is 5.01 Å². The molecule has 0 radical (unpaired) electrons. The minimum atomic E-state index is -1.74. The second kappa shape index (κ2) is 3.83. The van der Waals surface area contributed by atoms with Crippen molar-refractivity contribution >= 4 is 12.2 Å². The van der Waals surface area contributed by atoms with E-state index in [9.17, 15) is 0 Å². The van der Waals surface area contributed by atoms with Gasteiger partial charge in [-0.3, -0.25) is 0 Å². The van der Waals surface area contributed by atoms with Gasteiger partial charge in [-0.25, -0.2) is 10.0 Å². The van der Waals surface area contributed by atoms with Crippen LogP contribution in [0.2, 0.25) is 0 Å². The maximum Gasteiger partial charge on any atom is 0.255 e. The monoisotopic (exact) mass is 182 g/mol. The average molecular weight is 182 g/mol. The predicted octanol–water partition coefficient (Wildman–Crippen LogP) is -1.06. The van der Waals surface area contributed by atoms with Crippen LogP contribution in [0.5, 0.6) is 0 Å². The van der Waals surface area contributed by atoms with Crippen molar-refractivity contribution in [2.24, 2.45) is 15.8 Å². The molecule has 0 unspecified atom stereocenters. The number of nitrogens with zero attached hydrogens (tertiary/aromatic N) is 3. The van der Waals surface area contributed by atoms with Gasteiger partial charge in [0.1, 0.15) is 12.0 Å². The summed E-state index contributed by atoms with van der Waals surface area (Å²) in [5.41, 5.74) is 5.77. The predicted molar refractivity (Wildman–Crippen MR) is 48.5 cm³/mol. The summed E-state index contributed by atoms with van der Waals surface area (Å²) in [5.74, 6) is 0.156. The molecule has 6 heteroatoms. The van der Waals surface area contributed by atoms with Crippen LogP contribution < -0.4 is 5.73 Å². The van der Waals surface area contributed by atoms with Gasteiger partial charge in [0.15, 0.2) is 5.84 Å². The zero-order valence-electron chi connectivity index (χ0n) is 6.83. The summed E-state index contributed by atoms with van der Waals surface area (Å²) in [6, 6.07) is 0. The number of hydrazone groups is 1. The van der Waals surface area contributed by atoms with Gasteiger partial charge >= 0.3 is 0 Å². The molecule has 0 saturated carbocycles. The van der Waals surface area contributed by atoms with Crippen molar-refractivity contribution in [2.75, 3.05) is 0 Å². The molecular formula is C7H10N4O2. The molecule has 0 spiro atoms. The van der Waals surface area contributed by atoms with E-state index in [1.165, 1.54) is 12.2 Å². The second-order valence-corrected chi connectivity index (χ2v) is 2.22. The Labute approximate surface area is 75.0 Å². The van der Waals surface area contributed by atoms with Gasteiger partial charge in [0, 0.05) is 0 Å². The Hall–Kier alpha value is -1.66. The number of aliphatic hydroxyl groups excluding tert-OH is 1. The Morgan fingerprint density at radius 3 is 2.85 bits per heavy atom. The highest BCUT2D eigenvalue weighted by Crippen LogP contribution is 2.10. The molecule has 13 heavy (non-hydrogen) atoms. The van der Waals surface area contributed by atoms with Crippen LogP contribution in [0.4, 0.5) is 0 Å². The standard InChI is InChI=1S/C7H10N4O2/c1-2-3-5-6(8)9-4-10-11(5)7(12)13/h2-4,7,12-13H,1H2,(H2,8,9,10)/b5-3-. The number of aliphatic hydroxyl groups is 2. The lowest BCUT2D eigenvalue weighted by molar-refractivity contribution is -0.137. The fourth-order valence-electron chi connectivity index (χ4n) is 0.847. The van der Waals surface area contributed by atoms with Gasteiger partial charge in [-0.2, -0.15) is 5.10 Å². The minimum Gasteiger partial charge on any atom is -0.382 e. The van der Waals surface area contributed by atoms with Crippen LogP contribution in [0, 0.1) is 0 Å². The van der Waals surface area contributed by atoms with E-state index in [-0.39, 0.29) is 5.84 Å². The maximum absolute atomic E-state index is 8.87. The Morgan fingerprint density at radius 1 is 1.62 bits per heavy atom. The third-order valence-corrected chi connectivity index (χ3v) is 1.38. The molecule has 6 nitrogen and oxygen atoms in total. The molecule has 1 aliphatic rings. The van der Waals surface area contributed by atoms with Crippen molar-refractivity contribution < 1.29 is 10.2 Å². The molecule has 0 aromatic rings. The molecule has 0 atom stereocenters. The van der Waals surface area contributed by atoms with E-state index >= 15 is 0 Å². The van der Waals surface area contributed by atoms with Crippen molar-refractivity contribution in [3.8, 4) is 0 Å². The molecule has 0 saturated heterocycles. The van der Waals surface area contributed by atoms with Crippen LogP contribution in [0.3, 0.4) is 0 Å². The van der Waals surface area contributed by atoms with E-state index in [0.29, 0.717) is 5.70 Å². The minimum absolute atomic E-state index is 0.156. The van der Waals surface area contributed by atoms with Crippen LogP contribution in [0.15, 0.2) is 34.5 Å². The smallest absolute Gasteiger partial charge is 0.255 e. The molecule has 0 aromatic heterocycles.